The number of carbonyl (C=O) groups is 1. The molecule has 1 heterocycles. The van der Waals surface area contributed by atoms with E-state index in [1.165, 1.54) is 11.0 Å². The number of anilines is 1. The van der Waals surface area contributed by atoms with Crippen LogP contribution in [0, 0.1) is 5.82 Å². The van der Waals surface area contributed by atoms with E-state index in [1.54, 1.807) is 12.1 Å². The van der Waals surface area contributed by atoms with Gasteiger partial charge in [-0.15, -0.1) is 0 Å². The van der Waals surface area contributed by atoms with Gasteiger partial charge in [-0.3, -0.25) is 4.79 Å². The molecule has 1 saturated heterocycles. The predicted octanol–water partition coefficient (Wildman–Crippen LogP) is 3.09. The molecule has 2 rings (SSSR count). The molecule has 1 unspecified atom stereocenters. The maximum Gasteiger partial charge on any atom is 0.240 e. The van der Waals surface area contributed by atoms with E-state index in [9.17, 15) is 9.18 Å². The van der Waals surface area contributed by atoms with E-state index < -0.39 is 0 Å². The van der Waals surface area contributed by atoms with Gasteiger partial charge in [0.05, 0.1) is 10.5 Å². The van der Waals surface area contributed by atoms with Crippen LogP contribution in [0.15, 0.2) is 22.7 Å². The Kier molecular flexibility index (Phi) is 3.11. The molecule has 0 spiro atoms. The van der Waals surface area contributed by atoms with Crippen LogP contribution in [-0.2, 0) is 4.79 Å². The highest BCUT2D eigenvalue weighted by molar-refractivity contribution is 9.10. The minimum absolute atomic E-state index is 0.0826. The zero-order valence-electron chi connectivity index (χ0n) is 7.71. The number of hydrogen-bond acceptors (Lipinski definition) is 1. The van der Waals surface area contributed by atoms with Crippen LogP contribution in [0.4, 0.5) is 10.1 Å². The number of alkyl halides is 1. The van der Waals surface area contributed by atoms with E-state index in [0.29, 0.717) is 23.1 Å². The Morgan fingerprint density at radius 1 is 1.47 bits per heavy atom. The molecular weight excluding hydrogens is 329 g/mol. The van der Waals surface area contributed by atoms with E-state index >= 15 is 0 Å². The number of carbonyl (C=O) groups excluding carboxylic acids is 1. The van der Waals surface area contributed by atoms with Crippen molar-refractivity contribution < 1.29 is 9.18 Å². The number of para-hydroxylation sites is 1. The van der Waals surface area contributed by atoms with Crippen LogP contribution < -0.4 is 4.90 Å². The van der Waals surface area contributed by atoms with Gasteiger partial charge in [-0.2, -0.15) is 0 Å². The first-order valence-electron chi connectivity index (χ1n) is 4.50. The highest BCUT2D eigenvalue weighted by Gasteiger charge is 2.32. The van der Waals surface area contributed by atoms with Crippen LogP contribution in [0.3, 0.4) is 0 Å². The molecule has 0 aromatic heterocycles. The molecule has 1 amide bonds. The van der Waals surface area contributed by atoms with Crippen LogP contribution in [-0.4, -0.2) is 17.3 Å². The second-order valence-electron chi connectivity index (χ2n) is 3.32. The third-order valence-corrected chi connectivity index (χ3v) is 3.84. The lowest BCUT2D eigenvalue weighted by atomic mass is 10.3. The van der Waals surface area contributed by atoms with E-state index in [4.69, 9.17) is 0 Å². The van der Waals surface area contributed by atoms with Crippen molar-refractivity contribution in [2.24, 2.45) is 0 Å². The van der Waals surface area contributed by atoms with Gasteiger partial charge in [0.25, 0.3) is 0 Å². The molecule has 1 aliphatic heterocycles. The zero-order valence-corrected chi connectivity index (χ0v) is 10.9. The smallest absolute Gasteiger partial charge is 0.240 e. The van der Waals surface area contributed by atoms with Crippen LogP contribution in [0.1, 0.15) is 6.42 Å². The molecule has 1 fully saturated rings. The average molecular weight is 337 g/mol. The number of hydrogen-bond donors (Lipinski definition) is 0. The lowest BCUT2D eigenvalue weighted by Crippen LogP contribution is -2.28. The van der Waals surface area contributed by atoms with E-state index in [-0.39, 0.29) is 16.6 Å². The lowest BCUT2D eigenvalue weighted by molar-refractivity contribution is -0.116. The Morgan fingerprint density at radius 3 is 2.73 bits per heavy atom. The van der Waals surface area contributed by atoms with Gasteiger partial charge >= 0.3 is 0 Å². The summed E-state index contributed by atoms with van der Waals surface area (Å²) in [5.74, 6) is -0.458. The average Bonchev–Trinajstić information content (AvgIpc) is 2.49. The van der Waals surface area contributed by atoms with Crippen LogP contribution in [0.2, 0.25) is 0 Å². The first kappa shape index (κ1) is 11.1. The van der Waals surface area contributed by atoms with E-state index in [2.05, 4.69) is 31.9 Å². The van der Waals surface area contributed by atoms with Crippen molar-refractivity contribution in [1.82, 2.24) is 0 Å². The molecule has 0 N–H and O–H groups in total. The number of rotatable bonds is 1. The normalized spacial score (nSPS) is 21.1. The van der Waals surface area contributed by atoms with Gasteiger partial charge in [-0.1, -0.05) is 22.0 Å². The van der Waals surface area contributed by atoms with Crippen LogP contribution in [0.5, 0.6) is 0 Å². The summed E-state index contributed by atoms with van der Waals surface area (Å²) in [5, 5.41) is 0. The summed E-state index contributed by atoms with van der Waals surface area (Å²) < 4.78 is 14.2. The van der Waals surface area contributed by atoms with Gasteiger partial charge in [0.1, 0.15) is 5.82 Å². The Hall–Kier alpha value is -0.420. The summed E-state index contributed by atoms with van der Waals surface area (Å²) in [5.41, 5.74) is 0.337. The minimum atomic E-state index is -0.376. The number of benzene rings is 1. The van der Waals surface area contributed by atoms with Crippen molar-refractivity contribution in [3.8, 4) is 0 Å². The highest BCUT2D eigenvalue weighted by Crippen LogP contribution is 2.33. The third-order valence-electron chi connectivity index (χ3n) is 2.35. The van der Waals surface area contributed by atoms with E-state index in [0.717, 1.165) is 0 Å². The van der Waals surface area contributed by atoms with Crippen molar-refractivity contribution in [2.45, 2.75) is 11.2 Å². The Morgan fingerprint density at radius 2 is 2.20 bits per heavy atom. The van der Waals surface area contributed by atoms with Crippen molar-refractivity contribution in [2.75, 3.05) is 11.4 Å². The molecule has 1 aromatic rings. The van der Waals surface area contributed by atoms with E-state index in [1.807, 2.05) is 0 Å². The predicted molar refractivity (Wildman–Crippen MR) is 63.8 cm³/mol. The Bertz CT molecular complexity index is 390. The molecule has 1 aliphatic rings. The summed E-state index contributed by atoms with van der Waals surface area (Å²) in [6.45, 7) is 0.550. The Balaban J connectivity index is 2.42. The largest absolute Gasteiger partial charge is 0.308 e. The third kappa shape index (κ3) is 1.95. The molecule has 0 bridgehead atoms. The number of nitrogens with zero attached hydrogens (tertiary/aromatic N) is 1. The zero-order chi connectivity index (χ0) is 11.0. The highest BCUT2D eigenvalue weighted by atomic mass is 79.9. The second-order valence-corrected chi connectivity index (χ2v) is 5.28. The molecule has 0 radical (unpaired) electrons. The molecule has 0 saturated carbocycles. The molecule has 15 heavy (non-hydrogen) atoms. The van der Waals surface area contributed by atoms with Crippen molar-refractivity contribution in [3.05, 3.63) is 28.5 Å². The van der Waals surface area contributed by atoms with Crippen molar-refractivity contribution in [1.29, 1.82) is 0 Å². The SMILES string of the molecule is O=C1C(Br)CCN1c1c(F)cccc1Br. The molecule has 2 nitrogen and oxygen atoms in total. The van der Waals surface area contributed by atoms with Gasteiger partial charge in [-0.05, 0) is 34.5 Å². The molecule has 80 valence electrons. The maximum atomic E-state index is 13.6. The standard InChI is InChI=1S/C10H8Br2FNO/c11-6-2-1-3-8(13)9(6)14-5-4-7(12)10(14)15/h1-3,7H,4-5H2. The first-order valence-corrected chi connectivity index (χ1v) is 6.21. The van der Waals surface area contributed by atoms with Crippen molar-refractivity contribution in [3.63, 3.8) is 0 Å². The monoisotopic (exact) mass is 335 g/mol. The topological polar surface area (TPSA) is 20.3 Å². The summed E-state index contributed by atoms with van der Waals surface area (Å²) in [4.78, 5) is 13.0. The van der Waals surface area contributed by atoms with Gasteiger partial charge in [-0.25, -0.2) is 4.39 Å². The fourth-order valence-corrected chi connectivity index (χ4v) is 2.62. The quantitative estimate of drug-likeness (QED) is 0.722. The fraction of sp³-hybridized carbons (Fsp3) is 0.300. The maximum absolute atomic E-state index is 13.6. The summed E-state index contributed by atoms with van der Waals surface area (Å²) in [6.07, 6.45) is 0.708. The molecule has 0 aliphatic carbocycles. The van der Waals surface area contributed by atoms with Gasteiger partial charge in [0.2, 0.25) is 5.91 Å². The number of amides is 1. The fourth-order valence-electron chi connectivity index (χ4n) is 1.61. The van der Waals surface area contributed by atoms with Gasteiger partial charge in [0.15, 0.2) is 0 Å². The Labute approximate surface area is 104 Å². The summed E-state index contributed by atoms with van der Waals surface area (Å²) in [6, 6.07) is 4.69. The van der Waals surface area contributed by atoms with Crippen LogP contribution >= 0.6 is 31.9 Å². The molecular formula is C10H8Br2FNO. The molecule has 1 aromatic carbocycles. The summed E-state index contributed by atoms with van der Waals surface area (Å²) in [7, 11) is 0. The first-order chi connectivity index (χ1) is 7.11. The van der Waals surface area contributed by atoms with Crippen LogP contribution in [0.25, 0.3) is 0 Å². The van der Waals surface area contributed by atoms with Gasteiger partial charge in [0, 0.05) is 11.0 Å². The van der Waals surface area contributed by atoms with Gasteiger partial charge < -0.3 is 4.90 Å². The number of halogens is 3. The minimum Gasteiger partial charge on any atom is -0.308 e. The lowest BCUT2D eigenvalue weighted by Gasteiger charge is -2.18. The summed E-state index contributed by atoms with van der Waals surface area (Å²) >= 11 is 6.52. The van der Waals surface area contributed by atoms with Crippen molar-refractivity contribution >= 4 is 43.5 Å². The second kappa shape index (κ2) is 4.22. The molecule has 5 heteroatoms. The molecule has 1 atom stereocenters.